The van der Waals surface area contributed by atoms with E-state index in [1.165, 1.54) is 6.42 Å². The lowest BCUT2D eigenvalue weighted by atomic mass is 10.1. The minimum Gasteiger partial charge on any atom is -0.465 e. The van der Waals surface area contributed by atoms with E-state index < -0.39 is 0 Å². The highest BCUT2D eigenvalue weighted by atomic mass is 35.5. The number of rotatable bonds is 6. The van der Waals surface area contributed by atoms with Gasteiger partial charge < -0.3 is 19.8 Å². The lowest BCUT2D eigenvalue weighted by Crippen LogP contribution is -2.44. The number of ether oxygens (including phenoxy) is 1. The molecule has 2 unspecified atom stereocenters. The van der Waals surface area contributed by atoms with Gasteiger partial charge in [0.2, 0.25) is 5.91 Å². The molecule has 1 amide bonds. The van der Waals surface area contributed by atoms with Crippen LogP contribution < -0.4 is 10.6 Å². The monoisotopic (exact) mass is 393 g/mol. The molecule has 2 fully saturated rings. The van der Waals surface area contributed by atoms with Crippen LogP contribution in [0.2, 0.25) is 0 Å². The van der Waals surface area contributed by atoms with Crippen molar-refractivity contribution in [1.82, 2.24) is 15.5 Å². The minimum absolute atomic E-state index is 0. The summed E-state index contributed by atoms with van der Waals surface area (Å²) in [7, 11) is 0. The van der Waals surface area contributed by atoms with E-state index in [1.54, 1.807) is 0 Å². The van der Waals surface area contributed by atoms with Crippen molar-refractivity contribution in [3.05, 3.63) is 23.7 Å². The first-order valence-corrected chi connectivity index (χ1v) is 8.60. The van der Waals surface area contributed by atoms with Crippen LogP contribution in [-0.4, -0.2) is 56.2 Å². The van der Waals surface area contributed by atoms with Crippen LogP contribution in [0, 0.1) is 6.92 Å². The van der Waals surface area contributed by atoms with E-state index in [1.807, 2.05) is 19.1 Å². The SMILES string of the molecule is Cc1ccc(C(CNC(=O)CC2CCCN2)N2CCOCC2)o1.Cl.Cl. The zero-order valence-electron chi connectivity index (χ0n) is 14.7. The Morgan fingerprint density at radius 3 is 2.72 bits per heavy atom. The number of halogens is 2. The van der Waals surface area contributed by atoms with E-state index in [-0.39, 0.29) is 36.8 Å². The van der Waals surface area contributed by atoms with Gasteiger partial charge in [0, 0.05) is 32.1 Å². The van der Waals surface area contributed by atoms with Crippen molar-refractivity contribution in [1.29, 1.82) is 0 Å². The maximum absolute atomic E-state index is 12.2. The summed E-state index contributed by atoms with van der Waals surface area (Å²) in [5.41, 5.74) is 0. The topological polar surface area (TPSA) is 66.7 Å². The van der Waals surface area contributed by atoms with Crippen molar-refractivity contribution in [2.24, 2.45) is 0 Å². The number of morpholine rings is 1. The quantitative estimate of drug-likeness (QED) is 0.773. The standard InChI is InChI=1S/C17H27N3O3.2ClH/c1-13-4-5-16(23-13)15(20-7-9-22-10-8-20)12-19-17(21)11-14-3-2-6-18-14;;/h4-5,14-15,18H,2-3,6-12H2,1H3,(H,19,21);2*1H. The summed E-state index contributed by atoms with van der Waals surface area (Å²) in [4.78, 5) is 14.5. The zero-order valence-corrected chi connectivity index (χ0v) is 16.3. The van der Waals surface area contributed by atoms with Crippen LogP contribution >= 0.6 is 24.8 Å². The van der Waals surface area contributed by atoms with Crippen LogP contribution in [0.4, 0.5) is 0 Å². The highest BCUT2D eigenvalue weighted by Crippen LogP contribution is 2.23. The van der Waals surface area contributed by atoms with Gasteiger partial charge in [0.15, 0.2) is 0 Å². The number of hydrogen-bond donors (Lipinski definition) is 2. The Hall–Kier alpha value is -0.790. The smallest absolute Gasteiger partial charge is 0.221 e. The zero-order chi connectivity index (χ0) is 16.1. The van der Waals surface area contributed by atoms with E-state index in [4.69, 9.17) is 9.15 Å². The first kappa shape index (κ1) is 22.3. The van der Waals surface area contributed by atoms with Gasteiger partial charge in [-0.25, -0.2) is 0 Å². The maximum Gasteiger partial charge on any atom is 0.221 e. The molecule has 0 spiro atoms. The van der Waals surface area contributed by atoms with E-state index in [2.05, 4.69) is 15.5 Å². The molecule has 2 saturated heterocycles. The maximum atomic E-state index is 12.2. The number of nitrogens with zero attached hydrogens (tertiary/aromatic N) is 1. The summed E-state index contributed by atoms with van der Waals surface area (Å²) in [6.07, 6.45) is 2.82. The first-order valence-electron chi connectivity index (χ1n) is 8.60. The molecule has 144 valence electrons. The average molecular weight is 394 g/mol. The molecular weight excluding hydrogens is 365 g/mol. The number of furan rings is 1. The molecule has 3 heterocycles. The molecule has 8 heteroatoms. The fourth-order valence-corrected chi connectivity index (χ4v) is 3.37. The third-order valence-electron chi connectivity index (χ3n) is 4.66. The molecule has 1 aromatic heterocycles. The number of carbonyl (C=O) groups excluding carboxylic acids is 1. The Kier molecular flexibility index (Phi) is 9.82. The Labute approximate surface area is 161 Å². The highest BCUT2D eigenvalue weighted by molar-refractivity contribution is 5.85. The number of amides is 1. The molecular formula is C17H29Cl2N3O3. The summed E-state index contributed by atoms with van der Waals surface area (Å²) < 4.78 is 11.3. The third-order valence-corrected chi connectivity index (χ3v) is 4.66. The number of hydrogen-bond acceptors (Lipinski definition) is 5. The summed E-state index contributed by atoms with van der Waals surface area (Å²) in [6, 6.07) is 4.41. The Balaban J connectivity index is 0.00000156. The molecule has 1 aromatic rings. The molecule has 2 N–H and O–H groups in total. The van der Waals surface area contributed by atoms with Crippen LogP contribution in [0.1, 0.15) is 36.8 Å². The second-order valence-corrected chi connectivity index (χ2v) is 6.41. The largest absolute Gasteiger partial charge is 0.465 e. The molecule has 2 aliphatic heterocycles. The van der Waals surface area contributed by atoms with Crippen molar-refractivity contribution >= 4 is 30.7 Å². The molecule has 3 rings (SSSR count). The Morgan fingerprint density at radius 1 is 1.36 bits per heavy atom. The van der Waals surface area contributed by atoms with Gasteiger partial charge in [-0.2, -0.15) is 0 Å². The first-order chi connectivity index (χ1) is 11.2. The molecule has 0 radical (unpaired) electrons. The lowest BCUT2D eigenvalue weighted by molar-refractivity contribution is -0.121. The Morgan fingerprint density at radius 2 is 2.12 bits per heavy atom. The van der Waals surface area contributed by atoms with Gasteiger partial charge in [0.05, 0.1) is 19.3 Å². The van der Waals surface area contributed by atoms with Crippen LogP contribution in [0.15, 0.2) is 16.5 Å². The van der Waals surface area contributed by atoms with Gasteiger partial charge in [-0.15, -0.1) is 24.8 Å². The van der Waals surface area contributed by atoms with E-state index in [0.29, 0.717) is 19.0 Å². The summed E-state index contributed by atoms with van der Waals surface area (Å²) in [6.45, 7) is 6.75. The van der Waals surface area contributed by atoms with Gasteiger partial charge in [-0.05, 0) is 38.4 Å². The summed E-state index contributed by atoms with van der Waals surface area (Å²) >= 11 is 0. The van der Waals surface area contributed by atoms with Crippen LogP contribution in [-0.2, 0) is 9.53 Å². The number of carbonyl (C=O) groups is 1. The van der Waals surface area contributed by atoms with Gasteiger partial charge in [-0.3, -0.25) is 9.69 Å². The molecule has 25 heavy (non-hydrogen) atoms. The van der Waals surface area contributed by atoms with E-state index >= 15 is 0 Å². The molecule has 6 nitrogen and oxygen atoms in total. The van der Waals surface area contributed by atoms with Crippen molar-refractivity contribution in [3.8, 4) is 0 Å². The molecule has 0 aliphatic carbocycles. The van der Waals surface area contributed by atoms with Crippen LogP contribution in [0.3, 0.4) is 0 Å². The molecule has 2 atom stereocenters. The van der Waals surface area contributed by atoms with Crippen LogP contribution in [0.5, 0.6) is 0 Å². The van der Waals surface area contributed by atoms with Gasteiger partial charge in [0.25, 0.3) is 0 Å². The average Bonchev–Trinajstić information content (AvgIpc) is 3.21. The second-order valence-electron chi connectivity index (χ2n) is 6.41. The van der Waals surface area contributed by atoms with Crippen molar-refractivity contribution < 1.29 is 13.9 Å². The predicted molar refractivity (Wildman–Crippen MR) is 102 cm³/mol. The van der Waals surface area contributed by atoms with Crippen LogP contribution in [0.25, 0.3) is 0 Å². The van der Waals surface area contributed by atoms with Crippen molar-refractivity contribution in [3.63, 3.8) is 0 Å². The lowest BCUT2D eigenvalue weighted by Gasteiger charge is -2.33. The predicted octanol–water partition coefficient (Wildman–Crippen LogP) is 2.06. The molecule has 0 aromatic carbocycles. The normalized spacial score (nSPS) is 21.9. The van der Waals surface area contributed by atoms with E-state index in [9.17, 15) is 4.79 Å². The third kappa shape index (κ3) is 6.46. The molecule has 2 aliphatic rings. The number of aryl methyl sites for hydroxylation is 1. The fourth-order valence-electron chi connectivity index (χ4n) is 3.37. The fraction of sp³-hybridized carbons (Fsp3) is 0.706. The van der Waals surface area contributed by atoms with Crippen molar-refractivity contribution in [2.45, 2.75) is 38.3 Å². The summed E-state index contributed by atoms with van der Waals surface area (Å²) in [5.74, 6) is 1.94. The minimum atomic E-state index is 0. The molecule has 0 bridgehead atoms. The number of nitrogens with one attached hydrogen (secondary N) is 2. The van der Waals surface area contributed by atoms with Gasteiger partial charge >= 0.3 is 0 Å². The van der Waals surface area contributed by atoms with E-state index in [0.717, 1.165) is 50.8 Å². The second kappa shape index (κ2) is 11.0. The highest BCUT2D eigenvalue weighted by Gasteiger charge is 2.26. The van der Waals surface area contributed by atoms with Gasteiger partial charge in [-0.1, -0.05) is 0 Å². The van der Waals surface area contributed by atoms with Crippen molar-refractivity contribution in [2.75, 3.05) is 39.4 Å². The summed E-state index contributed by atoms with van der Waals surface area (Å²) in [5, 5.41) is 6.46. The Bertz CT molecular complexity index is 515. The molecule has 0 saturated carbocycles. The van der Waals surface area contributed by atoms with Gasteiger partial charge in [0.1, 0.15) is 11.5 Å².